The molecule has 29 heavy (non-hydrogen) atoms. The predicted molar refractivity (Wildman–Crippen MR) is 116 cm³/mol. The molecule has 0 aliphatic rings. The van der Waals surface area contributed by atoms with Crippen LogP contribution >= 0.6 is 11.8 Å². The van der Waals surface area contributed by atoms with Gasteiger partial charge in [0.1, 0.15) is 6.04 Å². The molecule has 0 heterocycles. The van der Waals surface area contributed by atoms with E-state index in [2.05, 4.69) is 14.8 Å². The summed E-state index contributed by atoms with van der Waals surface area (Å²) in [6, 6.07) is 5.72. The third-order valence-corrected chi connectivity index (χ3v) is 6.52. The van der Waals surface area contributed by atoms with Crippen LogP contribution in [0.15, 0.2) is 29.2 Å². The molecule has 1 rings (SSSR count). The molecule has 2 N–H and O–H groups in total. The Hall–Kier alpha value is -1.58. The maximum Gasteiger partial charge on any atom is 0.305 e. The van der Waals surface area contributed by atoms with Crippen LogP contribution in [0.2, 0.25) is 0 Å². The molecule has 1 atom stereocenters. The molecular formula is C20H32N2O5S2. The number of carbonyl (C=O) groups excluding carboxylic acids is 2. The lowest BCUT2D eigenvalue weighted by molar-refractivity contribution is -0.140. The van der Waals surface area contributed by atoms with Gasteiger partial charge in [-0.25, -0.2) is 8.42 Å². The van der Waals surface area contributed by atoms with Crippen LogP contribution in [0, 0.1) is 6.92 Å². The lowest BCUT2D eigenvalue weighted by Gasteiger charge is -2.18. The van der Waals surface area contributed by atoms with Crippen molar-refractivity contribution in [3.05, 3.63) is 29.8 Å². The maximum absolute atomic E-state index is 12.6. The number of rotatable bonds is 14. The molecule has 0 saturated heterocycles. The first-order valence-corrected chi connectivity index (χ1v) is 12.6. The van der Waals surface area contributed by atoms with Gasteiger partial charge in [0.2, 0.25) is 15.9 Å². The van der Waals surface area contributed by atoms with E-state index < -0.39 is 16.1 Å². The van der Waals surface area contributed by atoms with Gasteiger partial charge in [0, 0.05) is 13.0 Å². The smallest absolute Gasteiger partial charge is 0.305 e. The first-order valence-electron chi connectivity index (χ1n) is 9.72. The van der Waals surface area contributed by atoms with E-state index in [0.29, 0.717) is 25.1 Å². The van der Waals surface area contributed by atoms with Crippen LogP contribution in [0.25, 0.3) is 0 Å². The Morgan fingerprint density at radius 1 is 1.10 bits per heavy atom. The van der Waals surface area contributed by atoms with E-state index in [9.17, 15) is 18.0 Å². The SMILES string of the molecule is COC(=O)CCCCCCNC(=O)[C@@H](CCSC)NS(=O)(=O)c1ccc(C)cc1. The summed E-state index contributed by atoms with van der Waals surface area (Å²) in [6.45, 7) is 2.35. The van der Waals surface area contributed by atoms with Crippen LogP contribution in [0.1, 0.15) is 44.1 Å². The number of amides is 1. The van der Waals surface area contributed by atoms with Gasteiger partial charge in [-0.05, 0) is 50.3 Å². The minimum Gasteiger partial charge on any atom is -0.469 e. The summed E-state index contributed by atoms with van der Waals surface area (Å²) < 4.78 is 32.4. The molecule has 164 valence electrons. The number of ether oxygens (including phenoxy) is 1. The molecule has 0 saturated carbocycles. The first kappa shape index (κ1) is 25.5. The minimum absolute atomic E-state index is 0.149. The topological polar surface area (TPSA) is 102 Å². The molecule has 1 aromatic carbocycles. The Morgan fingerprint density at radius 2 is 1.76 bits per heavy atom. The third kappa shape index (κ3) is 10.1. The number of hydrogen-bond donors (Lipinski definition) is 2. The molecule has 0 aliphatic heterocycles. The fraction of sp³-hybridized carbons (Fsp3) is 0.600. The van der Waals surface area contributed by atoms with Crippen molar-refractivity contribution in [1.29, 1.82) is 0 Å². The molecule has 9 heteroatoms. The van der Waals surface area contributed by atoms with E-state index in [4.69, 9.17) is 0 Å². The number of thioether (sulfide) groups is 1. The second-order valence-corrected chi connectivity index (χ2v) is 9.50. The lowest BCUT2D eigenvalue weighted by atomic mass is 10.1. The van der Waals surface area contributed by atoms with Crippen LogP contribution in [0.3, 0.4) is 0 Å². The predicted octanol–water partition coefficient (Wildman–Crippen LogP) is 2.63. The zero-order valence-corrected chi connectivity index (χ0v) is 19.0. The molecule has 0 spiro atoms. The summed E-state index contributed by atoms with van der Waals surface area (Å²) in [5.74, 6) is 0.141. The second kappa shape index (κ2) is 13.6. The van der Waals surface area contributed by atoms with Crippen molar-refractivity contribution in [1.82, 2.24) is 10.0 Å². The van der Waals surface area contributed by atoms with E-state index in [-0.39, 0.29) is 16.8 Å². The number of sulfonamides is 1. The molecule has 1 aromatic rings. The van der Waals surface area contributed by atoms with E-state index >= 15 is 0 Å². The van der Waals surface area contributed by atoms with Gasteiger partial charge < -0.3 is 10.1 Å². The molecule has 0 aromatic heterocycles. The van der Waals surface area contributed by atoms with Crippen molar-refractivity contribution in [3.63, 3.8) is 0 Å². The van der Waals surface area contributed by atoms with Crippen LogP contribution in [0.5, 0.6) is 0 Å². The lowest BCUT2D eigenvalue weighted by Crippen LogP contribution is -2.47. The van der Waals surface area contributed by atoms with Crippen LogP contribution < -0.4 is 10.0 Å². The number of nitrogens with one attached hydrogen (secondary N) is 2. The van der Waals surface area contributed by atoms with Gasteiger partial charge in [-0.2, -0.15) is 16.5 Å². The van der Waals surface area contributed by atoms with Gasteiger partial charge in [-0.1, -0.05) is 30.5 Å². The van der Waals surface area contributed by atoms with E-state index in [0.717, 1.165) is 31.2 Å². The zero-order valence-electron chi connectivity index (χ0n) is 17.4. The average molecular weight is 445 g/mol. The molecule has 0 unspecified atom stereocenters. The van der Waals surface area contributed by atoms with Crippen molar-refractivity contribution in [2.24, 2.45) is 0 Å². The monoisotopic (exact) mass is 444 g/mol. The first-order chi connectivity index (χ1) is 13.8. The number of unbranched alkanes of at least 4 members (excludes halogenated alkanes) is 3. The molecule has 0 aliphatic carbocycles. The second-order valence-electron chi connectivity index (χ2n) is 6.80. The van der Waals surface area contributed by atoms with Crippen molar-refractivity contribution >= 4 is 33.7 Å². The normalized spacial score (nSPS) is 12.4. The largest absolute Gasteiger partial charge is 0.469 e. The highest BCUT2D eigenvalue weighted by Crippen LogP contribution is 2.12. The molecule has 1 amide bonds. The fourth-order valence-corrected chi connectivity index (χ4v) is 4.34. The number of hydrogen-bond acceptors (Lipinski definition) is 6. The summed E-state index contributed by atoms with van der Waals surface area (Å²) in [5, 5.41) is 2.82. The summed E-state index contributed by atoms with van der Waals surface area (Å²) in [6.07, 6.45) is 6.01. The van der Waals surface area contributed by atoms with Crippen molar-refractivity contribution in [3.8, 4) is 0 Å². The van der Waals surface area contributed by atoms with Crippen LogP contribution in [-0.2, 0) is 24.3 Å². The summed E-state index contributed by atoms with van der Waals surface area (Å²) in [7, 11) is -2.40. The van der Waals surface area contributed by atoms with Crippen molar-refractivity contribution < 1.29 is 22.7 Å². The van der Waals surface area contributed by atoms with E-state index in [1.165, 1.54) is 19.2 Å². The highest BCUT2D eigenvalue weighted by molar-refractivity contribution is 7.98. The molecule has 0 fully saturated rings. The van der Waals surface area contributed by atoms with Crippen LogP contribution in [0.4, 0.5) is 0 Å². The molecule has 7 nitrogen and oxygen atoms in total. The quantitative estimate of drug-likeness (QED) is 0.338. The zero-order chi connectivity index (χ0) is 21.7. The van der Waals surface area contributed by atoms with Crippen molar-refractivity contribution in [2.45, 2.75) is 56.4 Å². The Morgan fingerprint density at radius 3 is 2.38 bits per heavy atom. The number of carbonyl (C=O) groups is 2. The molecule has 0 radical (unpaired) electrons. The van der Waals surface area contributed by atoms with Gasteiger partial charge >= 0.3 is 5.97 Å². The number of aryl methyl sites for hydroxylation is 1. The summed E-state index contributed by atoms with van der Waals surface area (Å²) in [4.78, 5) is 23.7. The van der Waals surface area contributed by atoms with Crippen molar-refractivity contribution in [2.75, 3.05) is 25.7 Å². The molecule has 0 bridgehead atoms. The average Bonchev–Trinajstić information content (AvgIpc) is 2.70. The standard InChI is InChI=1S/C20H32N2O5S2/c1-16-9-11-17(12-10-16)29(25,26)22-18(13-15-28-3)20(24)21-14-7-5-4-6-8-19(23)27-2/h9-12,18,22H,4-8,13-15H2,1-3H3,(H,21,24)/t18-/m1/s1. The van der Waals surface area contributed by atoms with Gasteiger partial charge in [-0.15, -0.1) is 0 Å². The molecular weight excluding hydrogens is 412 g/mol. The Labute approximate surface area is 178 Å². The van der Waals surface area contributed by atoms with E-state index in [1.807, 2.05) is 13.2 Å². The number of benzene rings is 1. The van der Waals surface area contributed by atoms with Gasteiger partial charge in [0.05, 0.1) is 12.0 Å². The Balaban J connectivity index is 2.51. The highest BCUT2D eigenvalue weighted by atomic mass is 32.2. The summed E-state index contributed by atoms with van der Waals surface area (Å²) in [5.41, 5.74) is 0.965. The number of methoxy groups -OCH3 is 1. The highest BCUT2D eigenvalue weighted by Gasteiger charge is 2.25. The van der Waals surface area contributed by atoms with Gasteiger partial charge in [-0.3, -0.25) is 9.59 Å². The summed E-state index contributed by atoms with van der Waals surface area (Å²) >= 11 is 1.56. The fourth-order valence-electron chi connectivity index (χ4n) is 2.64. The Kier molecular flexibility index (Phi) is 11.9. The third-order valence-electron chi connectivity index (χ3n) is 4.39. The Bertz CT molecular complexity index is 736. The number of esters is 1. The minimum atomic E-state index is -3.77. The maximum atomic E-state index is 12.6. The van der Waals surface area contributed by atoms with Crippen LogP contribution in [-0.4, -0.2) is 52.0 Å². The van der Waals surface area contributed by atoms with Gasteiger partial charge in [0.25, 0.3) is 0 Å². The van der Waals surface area contributed by atoms with Gasteiger partial charge in [0.15, 0.2) is 0 Å². The van der Waals surface area contributed by atoms with E-state index in [1.54, 1.807) is 23.9 Å².